The topological polar surface area (TPSA) is 134 Å². The number of likely N-dealkylation sites (N-methyl/N-ethyl adjacent to an activating group) is 1. The van der Waals surface area contributed by atoms with Crippen LogP contribution in [0.3, 0.4) is 0 Å². The van der Waals surface area contributed by atoms with Gasteiger partial charge in [-0.15, -0.1) is 0 Å². The molecule has 0 spiro atoms. The van der Waals surface area contributed by atoms with Crippen molar-refractivity contribution in [3.05, 3.63) is 104 Å². The molecule has 6 rings (SSSR count). The molecule has 3 heterocycles. The molecular formula is C36H40N8O3S. The van der Waals surface area contributed by atoms with Crippen LogP contribution in [0.5, 0.6) is 0 Å². The van der Waals surface area contributed by atoms with Gasteiger partial charge in [0, 0.05) is 65.8 Å². The normalized spacial score (nSPS) is 16.8. The lowest BCUT2D eigenvalue weighted by atomic mass is 9.85. The number of anilines is 3. The number of hydrogen-bond acceptors (Lipinski definition) is 9. The number of hydrogen-bond donors (Lipinski definition) is 3. The highest BCUT2D eigenvalue weighted by atomic mass is 32.2. The zero-order valence-electron chi connectivity index (χ0n) is 27.1. The van der Waals surface area contributed by atoms with Gasteiger partial charge in [0.25, 0.3) is 10.0 Å². The van der Waals surface area contributed by atoms with Crippen molar-refractivity contribution in [3.8, 4) is 11.3 Å². The fourth-order valence-corrected chi connectivity index (χ4v) is 7.18. The summed E-state index contributed by atoms with van der Waals surface area (Å²) in [5, 5.41) is 10.7. The van der Waals surface area contributed by atoms with Gasteiger partial charge in [-0.25, -0.2) is 27.3 Å². The van der Waals surface area contributed by atoms with Gasteiger partial charge in [0.2, 0.25) is 5.91 Å². The smallest absolute Gasteiger partial charge is 0.269 e. The van der Waals surface area contributed by atoms with E-state index in [1.807, 2.05) is 30.3 Å². The zero-order valence-corrected chi connectivity index (χ0v) is 27.9. The molecule has 0 aliphatic heterocycles. The molecule has 1 aliphatic carbocycles. The van der Waals surface area contributed by atoms with Crippen LogP contribution < -0.4 is 16.0 Å². The van der Waals surface area contributed by atoms with Crippen LogP contribution in [0.1, 0.15) is 25.7 Å². The quantitative estimate of drug-likeness (QED) is 0.144. The van der Waals surface area contributed by atoms with E-state index in [0.29, 0.717) is 28.6 Å². The fourth-order valence-electron chi connectivity index (χ4n) is 5.85. The first-order chi connectivity index (χ1) is 23.3. The molecule has 12 heteroatoms. The van der Waals surface area contributed by atoms with Crippen molar-refractivity contribution in [1.82, 2.24) is 29.1 Å². The first kappa shape index (κ1) is 33.0. The van der Waals surface area contributed by atoms with Gasteiger partial charge in [-0.1, -0.05) is 36.4 Å². The molecule has 3 aromatic heterocycles. The standard InChI is InChI=1S/C36H40N8O3S/c1-43(2)19-7-6-18-37-29-15-13-26(14-16-29)36(45)42-31-10-8-9-30(22-31)41-34-23-33(39-25-40-34)28-21-27-17-20-44(35(27)38-24-28)48(46,47)32-11-4-3-5-12-32/h3-12,17,20-26,29,37H,13-16,18-19H2,1-2H3,(H,42,45)(H,39,40,41)/b7-6+. The Morgan fingerprint density at radius 3 is 2.50 bits per heavy atom. The Kier molecular flexibility index (Phi) is 10.2. The highest BCUT2D eigenvalue weighted by Gasteiger charge is 2.26. The molecule has 0 saturated heterocycles. The largest absolute Gasteiger partial charge is 0.340 e. The van der Waals surface area contributed by atoms with E-state index in [4.69, 9.17) is 0 Å². The maximum atomic E-state index is 13.2. The molecular weight excluding hydrogens is 625 g/mol. The number of aromatic nitrogens is 4. The number of amides is 1. The summed E-state index contributed by atoms with van der Waals surface area (Å²) in [7, 11) is 0.326. The molecule has 0 radical (unpaired) electrons. The second kappa shape index (κ2) is 14.9. The SMILES string of the molecule is CN(C)C/C=C/CNC1CCC(C(=O)Nc2cccc(Nc3cc(-c4cnc5c(ccn5S(=O)(=O)c5ccccc5)c4)ncn3)c2)CC1. The number of nitrogens with one attached hydrogen (secondary N) is 3. The number of carbonyl (C=O) groups is 1. The van der Waals surface area contributed by atoms with Gasteiger partial charge >= 0.3 is 0 Å². The predicted octanol–water partition coefficient (Wildman–Crippen LogP) is 5.68. The highest BCUT2D eigenvalue weighted by Crippen LogP contribution is 2.28. The van der Waals surface area contributed by atoms with Crippen LogP contribution in [-0.2, 0) is 14.8 Å². The summed E-state index contributed by atoms with van der Waals surface area (Å²) in [6, 6.07) is 21.7. The average Bonchev–Trinajstić information content (AvgIpc) is 3.53. The van der Waals surface area contributed by atoms with E-state index in [0.717, 1.165) is 55.7 Å². The van der Waals surface area contributed by atoms with Crippen molar-refractivity contribution in [2.75, 3.05) is 37.8 Å². The molecule has 1 fully saturated rings. The minimum absolute atomic E-state index is 0.00493. The Labute approximate surface area is 281 Å². The van der Waals surface area contributed by atoms with Gasteiger partial charge in [-0.2, -0.15) is 0 Å². The number of benzene rings is 2. The molecule has 3 N–H and O–H groups in total. The number of nitrogens with zero attached hydrogens (tertiary/aromatic N) is 5. The molecule has 248 valence electrons. The van der Waals surface area contributed by atoms with Crippen molar-refractivity contribution in [2.45, 2.75) is 36.6 Å². The lowest BCUT2D eigenvalue weighted by Gasteiger charge is -2.28. The van der Waals surface area contributed by atoms with Gasteiger partial charge in [0.15, 0.2) is 5.65 Å². The van der Waals surface area contributed by atoms with Crippen molar-refractivity contribution in [1.29, 1.82) is 0 Å². The van der Waals surface area contributed by atoms with Crippen LogP contribution >= 0.6 is 0 Å². The van der Waals surface area contributed by atoms with Crippen molar-refractivity contribution < 1.29 is 13.2 Å². The Morgan fingerprint density at radius 2 is 1.71 bits per heavy atom. The van der Waals surface area contributed by atoms with E-state index in [-0.39, 0.29) is 16.7 Å². The lowest BCUT2D eigenvalue weighted by Crippen LogP contribution is -2.36. The van der Waals surface area contributed by atoms with Crippen LogP contribution in [-0.4, -0.2) is 71.4 Å². The highest BCUT2D eigenvalue weighted by molar-refractivity contribution is 7.90. The first-order valence-electron chi connectivity index (χ1n) is 16.1. The summed E-state index contributed by atoms with van der Waals surface area (Å²) < 4.78 is 27.6. The van der Waals surface area contributed by atoms with Crippen LogP contribution in [0.2, 0.25) is 0 Å². The molecule has 0 atom stereocenters. The van der Waals surface area contributed by atoms with Crippen LogP contribution in [0.25, 0.3) is 22.3 Å². The third-order valence-electron chi connectivity index (χ3n) is 8.42. The van der Waals surface area contributed by atoms with Gasteiger partial charge in [-0.3, -0.25) is 4.79 Å². The lowest BCUT2D eigenvalue weighted by molar-refractivity contribution is -0.120. The fraction of sp³-hybridized carbons (Fsp3) is 0.278. The molecule has 2 aromatic carbocycles. The van der Waals surface area contributed by atoms with E-state index < -0.39 is 10.0 Å². The van der Waals surface area contributed by atoms with Crippen LogP contribution in [0.15, 0.2) is 109 Å². The second-order valence-electron chi connectivity index (χ2n) is 12.2. The number of pyridine rings is 1. The van der Waals surface area contributed by atoms with Crippen LogP contribution in [0, 0.1) is 5.92 Å². The minimum Gasteiger partial charge on any atom is -0.340 e. The summed E-state index contributed by atoms with van der Waals surface area (Å²) >= 11 is 0. The van der Waals surface area contributed by atoms with Gasteiger partial charge in [0.05, 0.1) is 10.6 Å². The van der Waals surface area contributed by atoms with E-state index in [2.05, 4.69) is 62.0 Å². The Balaban J connectivity index is 1.07. The Morgan fingerprint density at radius 1 is 0.917 bits per heavy atom. The maximum absolute atomic E-state index is 13.2. The van der Waals surface area contributed by atoms with Crippen LogP contribution in [0.4, 0.5) is 17.2 Å². The summed E-state index contributed by atoms with van der Waals surface area (Å²) in [6.07, 6.45) is 12.6. The van der Waals surface area contributed by atoms with E-state index in [1.54, 1.807) is 48.7 Å². The van der Waals surface area contributed by atoms with E-state index >= 15 is 0 Å². The number of carbonyl (C=O) groups excluding carboxylic acids is 1. The summed E-state index contributed by atoms with van der Waals surface area (Å²) in [5.41, 5.74) is 3.16. The molecule has 1 aliphatic rings. The molecule has 5 aromatic rings. The molecule has 0 bridgehead atoms. The Hall–Kier alpha value is -4.91. The van der Waals surface area contributed by atoms with Crippen molar-refractivity contribution >= 4 is 44.2 Å². The third-order valence-corrected chi connectivity index (χ3v) is 10.1. The predicted molar refractivity (Wildman–Crippen MR) is 190 cm³/mol. The summed E-state index contributed by atoms with van der Waals surface area (Å²) in [4.78, 5) is 28.7. The zero-order chi connectivity index (χ0) is 33.5. The maximum Gasteiger partial charge on any atom is 0.269 e. The average molecular weight is 665 g/mol. The molecule has 0 unspecified atom stereocenters. The number of rotatable bonds is 12. The van der Waals surface area contributed by atoms with Crippen molar-refractivity contribution in [2.24, 2.45) is 5.92 Å². The van der Waals surface area contributed by atoms with Gasteiger partial charge in [-0.05, 0) is 82.2 Å². The summed E-state index contributed by atoms with van der Waals surface area (Å²) in [5.74, 6) is 0.610. The second-order valence-corrected chi connectivity index (χ2v) is 14.1. The third kappa shape index (κ3) is 7.96. The van der Waals surface area contributed by atoms with Crippen molar-refractivity contribution in [3.63, 3.8) is 0 Å². The van der Waals surface area contributed by atoms with E-state index in [1.165, 1.54) is 16.5 Å². The molecule has 11 nitrogen and oxygen atoms in total. The molecule has 1 saturated carbocycles. The monoisotopic (exact) mass is 664 g/mol. The molecule has 48 heavy (non-hydrogen) atoms. The molecule has 1 amide bonds. The van der Waals surface area contributed by atoms with Gasteiger partial charge in [0.1, 0.15) is 12.1 Å². The van der Waals surface area contributed by atoms with E-state index in [9.17, 15) is 13.2 Å². The number of fused-ring (bicyclic) bond motifs is 1. The Bertz CT molecular complexity index is 2000. The summed E-state index contributed by atoms with van der Waals surface area (Å²) in [6.45, 7) is 1.79. The first-order valence-corrected chi connectivity index (χ1v) is 17.5. The van der Waals surface area contributed by atoms with Gasteiger partial charge < -0.3 is 20.9 Å². The minimum atomic E-state index is -3.78.